The van der Waals surface area contributed by atoms with Gasteiger partial charge < -0.3 is 4.74 Å². The number of nitrogens with zero attached hydrogens (tertiary/aromatic N) is 1. The molecule has 25 heavy (non-hydrogen) atoms. The number of hydrogen-bond donors (Lipinski definition) is 0. The normalized spacial score (nSPS) is 17.0. The van der Waals surface area contributed by atoms with Crippen molar-refractivity contribution in [2.24, 2.45) is 0 Å². The predicted molar refractivity (Wildman–Crippen MR) is 102 cm³/mol. The first-order valence-electron chi connectivity index (χ1n) is 8.97. The van der Waals surface area contributed by atoms with Gasteiger partial charge in [0.1, 0.15) is 5.75 Å². The van der Waals surface area contributed by atoms with Crippen molar-refractivity contribution in [3.63, 3.8) is 0 Å². The fraction of sp³-hybridized carbons (Fsp3) is 0.318. The van der Waals surface area contributed by atoms with Crippen LogP contribution < -0.4 is 4.74 Å². The Kier molecular flexibility index (Phi) is 6.02. The standard InChI is InChI=1S/C22H25NO2/c1-2-14-25-21-10-8-18(9-11-21)15-20-17-23(13-12-22(20)24)16-19-6-4-3-5-7-19/h3-11,15H,2,12-14,16-17H2,1H3/b20-15+. The van der Waals surface area contributed by atoms with E-state index in [0.29, 0.717) is 13.0 Å². The third-order valence-electron chi connectivity index (χ3n) is 4.35. The van der Waals surface area contributed by atoms with Gasteiger partial charge in [-0.1, -0.05) is 49.4 Å². The van der Waals surface area contributed by atoms with Crippen LogP contribution in [0, 0.1) is 0 Å². The maximum atomic E-state index is 12.3. The minimum atomic E-state index is 0.260. The lowest BCUT2D eigenvalue weighted by atomic mass is 9.99. The van der Waals surface area contributed by atoms with Gasteiger partial charge in [0.15, 0.2) is 5.78 Å². The Morgan fingerprint density at radius 3 is 2.56 bits per heavy atom. The molecule has 0 aromatic heterocycles. The molecule has 1 saturated heterocycles. The number of carbonyl (C=O) groups excluding carboxylic acids is 1. The molecule has 1 aliphatic heterocycles. The van der Waals surface area contributed by atoms with Gasteiger partial charge in [-0.3, -0.25) is 9.69 Å². The fourth-order valence-electron chi connectivity index (χ4n) is 3.01. The molecular formula is C22H25NO2. The Bertz CT molecular complexity index is 719. The molecule has 1 fully saturated rings. The summed E-state index contributed by atoms with van der Waals surface area (Å²) in [6.07, 6.45) is 3.61. The van der Waals surface area contributed by atoms with Crippen molar-refractivity contribution >= 4 is 11.9 Å². The van der Waals surface area contributed by atoms with E-state index in [1.807, 2.05) is 36.4 Å². The maximum Gasteiger partial charge on any atom is 0.161 e. The van der Waals surface area contributed by atoms with Gasteiger partial charge in [0, 0.05) is 31.6 Å². The molecule has 0 amide bonds. The van der Waals surface area contributed by atoms with Gasteiger partial charge in [0.05, 0.1) is 6.61 Å². The van der Waals surface area contributed by atoms with Gasteiger partial charge in [-0.25, -0.2) is 0 Å². The highest BCUT2D eigenvalue weighted by Gasteiger charge is 2.21. The second-order valence-corrected chi connectivity index (χ2v) is 6.46. The van der Waals surface area contributed by atoms with Crippen molar-refractivity contribution in [2.75, 3.05) is 19.7 Å². The van der Waals surface area contributed by atoms with Crippen LogP contribution in [-0.4, -0.2) is 30.4 Å². The first kappa shape index (κ1) is 17.4. The summed E-state index contributed by atoms with van der Waals surface area (Å²) in [5.41, 5.74) is 3.23. The van der Waals surface area contributed by atoms with Crippen LogP contribution in [0.4, 0.5) is 0 Å². The molecule has 0 bridgehead atoms. The SMILES string of the molecule is CCCOc1ccc(/C=C2\CN(Cc3ccccc3)CCC2=O)cc1. The predicted octanol–water partition coefficient (Wildman–Crippen LogP) is 4.33. The lowest BCUT2D eigenvalue weighted by Gasteiger charge is -2.27. The number of ether oxygens (including phenoxy) is 1. The van der Waals surface area contributed by atoms with Gasteiger partial charge in [0.25, 0.3) is 0 Å². The molecule has 1 heterocycles. The summed E-state index contributed by atoms with van der Waals surface area (Å²) >= 11 is 0. The molecule has 0 radical (unpaired) electrons. The maximum absolute atomic E-state index is 12.3. The van der Waals surface area contributed by atoms with Crippen LogP contribution in [0.15, 0.2) is 60.2 Å². The van der Waals surface area contributed by atoms with Gasteiger partial charge in [-0.2, -0.15) is 0 Å². The first-order valence-corrected chi connectivity index (χ1v) is 8.97. The van der Waals surface area contributed by atoms with Crippen molar-refractivity contribution in [1.82, 2.24) is 4.90 Å². The summed E-state index contributed by atoms with van der Waals surface area (Å²) < 4.78 is 5.61. The smallest absolute Gasteiger partial charge is 0.161 e. The average Bonchev–Trinajstić information content (AvgIpc) is 2.65. The molecule has 3 heteroatoms. The molecule has 0 spiro atoms. The molecule has 130 valence electrons. The van der Waals surface area contributed by atoms with E-state index in [0.717, 1.165) is 43.0 Å². The highest BCUT2D eigenvalue weighted by molar-refractivity contribution is 6.00. The van der Waals surface area contributed by atoms with Crippen molar-refractivity contribution in [3.8, 4) is 5.75 Å². The Morgan fingerprint density at radius 2 is 1.84 bits per heavy atom. The summed E-state index contributed by atoms with van der Waals surface area (Å²) in [4.78, 5) is 14.6. The summed E-state index contributed by atoms with van der Waals surface area (Å²) in [5.74, 6) is 1.14. The van der Waals surface area contributed by atoms with Crippen LogP contribution in [0.3, 0.4) is 0 Å². The van der Waals surface area contributed by atoms with Crippen molar-refractivity contribution in [1.29, 1.82) is 0 Å². The lowest BCUT2D eigenvalue weighted by Crippen LogP contribution is -2.35. The van der Waals surface area contributed by atoms with Crippen molar-refractivity contribution in [3.05, 3.63) is 71.3 Å². The second kappa shape index (κ2) is 8.63. The highest BCUT2D eigenvalue weighted by atomic mass is 16.5. The number of hydrogen-bond acceptors (Lipinski definition) is 3. The van der Waals surface area contributed by atoms with Crippen LogP contribution in [0.25, 0.3) is 6.08 Å². The topological polar surface area (TPSA) is 29.5 Å². The van der Waals surface area contributed by atoms with Gasteiger partial charge in [-0.15, -0.1) is 0 Å². The number of ketones is 1. The van der Waals surface area contributed by atoms with E-state index >= 15 is 0 Å². The van der Waals surface area contributed by atoms with E-state index in [1.54, 1.807) is 0 Å². The molecule has 2 aromatic rings. The monoisotopic (exact) mass is 335 g/mol. The van der Waals surface area contributed by atoms with Gasteiger partial charge in [-0.05, 0) is 35.8 Å². The molecule has 1 aliphatic rings. The van der Waals surface area contributed by atoms with E-state index in [2.05, 4.69) is 36.1 Å². The quantitative estimate of drug-likeness (QED) is 0.736. The number of carbonyl (C=O) groups is 1. The number of piperidine rings is 1. The fourth-order valence-corrected chi connectivity index (χ4v) is 3.01. The molecule has 3 nitrogen and oxygen atoms in total. The molecular weight excluding hydrogens is 310 g/mol. The highest BCUT2D eigenvalue weighted by Crippen LogP contribution is 2.20. The molecule has 0 saturated carbocycles. The van der Waals surface area contributed by atoms with E-state index in [4.69, 9.17) is 4.74 Å². The van der Waals surface area contributed by atoms with Crippen LogP contribution in [-0.2, 0) is 11.3 Å². The Hall–Kier alpha value is -2.39. The lowest BCUT2D eigenvalue weighted by molar-refractivity contribution is -0.117. The van der Waals surface area contributed by atoms with E-state index in [-0.39, 0.29) is 5.78 Å². The number of Topliss-reactive ketones (excluding diaryl/α,β-unsaturated/α-hetero) is 1. The molecule has 0 unspecified atom stereocenters. The molecule has 0 N–H and O–H groups in total. The average molecular weight is 335 g/mol. The minimum absolute atomic E-state index is 0.260. The summed E-state index contributed by atoms with van der Waals surface area (Å²) in [5, 5.41) is 0. The third kappa shape index (κ3) is 5.04. The molecule has 3 rings (SSSR count). The van der Waals surface area contributed by atoms with Crippen LogP contribution in [0.2, 0.25) is 0 Å². The molecule has 2 aromatic carbocycles. The van der Waals surface area contributed by atoms with Crippen LogP contribution in [0.1, 0.15) is 30.9 Å². The van der Waals surface area contributed by atoms with Crippen LogP contribution in [0.5, 0.6) is 5.75 Å². The van der Waals surface area contributed by atoms with Gasteiger partial charge in [0.2, 0.25) is 0 Å². The summed E-state index contributed by atoms with van der Waals surface area (Å²) in [6, 6.07) is 18.4. The van der Waals surface area contributed by atoms with E-state index in [9.17, 15) is 4.79 Å². The zero-order valence-electron chi connectivity index (χ0n) is 14.8. The van der Waals surface area contributed by atoms with Crippen molar-refractivity contribution in [2.45, 2.75) is 26.3 Å². The second-order valence-electron chi connectivity index (χ2n) is 6.46. The Labute approximate surface area is 149 Å². The zero-order chi connectivity index (χ0) is 17.5. The minimum Gasteiger partial charge on any atom is -0.494 e. The summed E-state index contributed by atoms with van der Waals surface area (Å²) in [7, 11) is 0. The summed E-state index contributed by atoms with van der Waals surface area (Å²) in [6.45, 7) is 5.24. The molecule has 0 atom stereocenters. The number of rotatable bonds is 6. The first-order chi connectivity index (χ1) is 12.2. The largest absolute Gasteiger partial charge is 0.494 e. The zero-order valence-corrected chi connectivity index (χ0v) is 14.8. The van der Waals surface area contributed by atoms with E-state index in [1.165, 1.54) is 5.56 Å². The number of likely N-dealkylation sites (tertiary alicyclic amines) is 1. The van der Waals surface area contributed by atoms with Crippen molar-refractivity contribution < 1.29 is 9.53 Å². The Balaban J connectivity index is 1.67. The van der Waals surface area contributed by atoms with Crippen LogP contribution >= 0.6 is 0 Å². The van der Waals surface area contributed by atoms with Gasteiger partial charge >= 0.3 is 0 Å². The number of benzene rings is 2. The third-order valence-corrected chi connectivity index (χ3v) is 4.35. The molecule has 0 aliphatic carbocycles. The Morgan fingerprint density at radius 1 is 1.08 bits per heavy atom. The van der Waals surface area contributed by atoms with E-state index < -0.39 is 0 Å².